The van der Waals surface area contributed by atoms with E-state index in [2.05, 4.69) is 22.1 Å². The van der Waals surface area contributed by atoms with E-state index in [1.54, 1.807) is 19.2 Å². The molecule has 1 aromatic heterocycles. The molecule has 0 aliphatic heterocycles. The van der Waals surface area contributed by atoms with Gasteiger partial charge in [-0.05, 0) is 25.6 Å². The summed E-state index contributed by atoms with van der Waals surface area (Å²) in [5, 5.41) is 3.17. The number of halogens is 1. The fourth-order valence-corrected chi connectivity index (χ4v) is 1.37. The highest BCUT2D eigenvalue weighted by molar-refractivity contribution is 5.14. The normalized spacial score (nSPS) is 11.7. The fraction of sp³-hybridized carbons (Fsp3) is 0.417. The Labute approximate surface area is 89.9 Å². The number of hydrogen-bond donors (Lipinski definition) is 1. The standard InChI is InChI=1S/C12H15FN2/c1-3-5-8-11(14-4-2)12-10(13)7-6-9-15-12/h6-7,9,11,14H,4,8H2,1-2H3. The minimum atomic E-state index is -0.277. The third-order valence-electron chi connectivity index (χ3n) is 2.05. The van der Waals surface area contributed by atoms with Crippen molar-refractivity contribution in [2.24, 2.45) is 0 Å². The summed E-state index contributed by atoms with van der Waals surface area (Å²) in [6, 6.07) is 2.89. The quantitative estimate of drug-likeness (QED) is 0.764. The van der Waals surface area contributed by atoms with E-state index in [0.29, 0.717) is 12.1 Å². The smallest absolute Gasteiger partial charge is 0.146 e. The Bertz CT molecular complexity index is 365. The van der Waals surface area contributed by atoms with E-state index < -0.39 is 0 Å². The van der Waals surface area contributed by atoms with E-state index in [-0.39, 0.29) is 11.9 Å². The van der Waals surface area contributed by atoms with Crippen molar-refractivity contribution in [2.45, 2.75) is 26.3 Å². The molecule has 0 aromatic carbocycles. The first-order valence-corrected chi connectivity index (χ1v) is 5.03. The van der Waals surface area contributed by atoms with Crippen LogP contribution in [0.1, 0.15) is 32.0 Å². The highest BCUT2D eigenvalue weighted by Crippen LogP contribution is 2.16. The van der Waals surface area contributed by atoms with Crippen molar-refractivity contribution < 1.29 is 4.39 Å². The van der Waals surface area contributed by atoms with E-state index in [0.717, 1.165) is 6.54 Å². The SMILES string of the molecule is CC#CCC(NCC)c1ncccc1F. The molecule has 1 unspecified atom stereocenters. The molecule has 0 radical (unpaired) electrons. The summed E-state index contributed by atoms with van der Waals surface area (Å²) in [6.45, 7) is 4.52. The minimum absolute atomic E-state index is 0.122. The van der Waals surface area contributed by atoms with Gasteiger partial charge in [-0.2, -0.15) is 0 Å². The van der Waals surface area contributed by atoms with E-state index in [9.17, 15) is 4.39 Å². The second kappa shape index (κ2) is 6.15. The van der Waals surface area contributed by atoms with Gasteiger partial charge in [-0.25, -0.2) is 4.39 Å². The molecule has 3 heteroatoms. The topological polar surface area (TPSA) is 24.9 Å². The molecule has 2 nitrogen and oxygen atoms in total. The highest BCUT2D eigenvalue weighted by Gasteiger charge is 2.14. The molecule has 0 spiro atoms. The molecule has 1 aromatic rings. The lowest BCUT2D eigenvalue weighted by Gasteiger charge is -2.14. The Morgan fingerprint density at radius 3 is 3.00 bits per heavy atom. The second-order valence-electron chi connectivity index (χ2n) is 3.11. The van der Waals surface area contributed by atoms with E-state index in [1.807, 2.05) is 6.92 Å². The summed E-state index contributed by atoms with van der Waals surface area (Å²) in [5.41, 5.74) is 0.446. The monoisotopic (exact) mass is 206 g/mol. The molecule has 1 rings (SSSR count). The van der Waals surface area contributed by atoms with E-state index >= 15 is 0 Å². The van der Waals surface area contributed by atoms with Gasteiger partial charge in [-0.15, -0.1) is 11.8 Å². The number of pyridine rings is 1. The summed E-state index contributed by atoms with van der Waals surface area (Å²) in [7, 11) is 0. The van der Waals surface area contributed by atoms with Crippen molar-refractivity contribution in [3.63, 3.8) is 0 Å². The van der Waals surface area contributed by atoms with Crippen molar-refractivity contribution in [1.82, 2.24) is 10.3 Å². The molecule has 0 fully saturated rings. The number of nitrogens with zero attached hydrogens (tertiary/aromatic N) is 1. The average Bonchev–Trinajstić information content (AvgIpc) is 2.25. The molecule has 1 N–H and O–H groups in total. The molecule has 0 bridgehead atoms. The lowest BCUT2D eigenvalue weighted by atomic mass is 10.1. The maximum Gasteiger partial charge on any atom is 0.146 e. The Morgan fingerprint density at radius 1 is 1.60 bits per heavy atom. The molecule has 0 amide bonds. The van der Waals surface area contributed by atoms with Crippen LogP contribution in [0.25, 0.3) is 0 Å². The molecular formula is C12H15FN2. The van der Waals surface area contributed by atoms with Gasteiger partial charge in [0.2, 0.25) is 0 Å². The van der Waals surface area contributed by atoms with Crippen LogP contribution in [0, 0.1) is 17.7 Å². The van der Waals surface area contributed by atoms with Crippen molar-refractivity contribution in [3.05, 3.63) is 29.8 Å². The largest absolute Gasteiger partial charge is 0.308 e. The van der Waals surface area contributed by atoms with Gasteiger partial charge in [0, 0.05) is 12.6 Å². The number of aromatic nitrogens is 1. The van der Waals surface area contributed by atoms with Crippen LogP contribution in [0.2, 0.25) is 0 Å². The predicted octanol–water partition coefficient (Wildman–Crippen LogP) is 2.28. The van der Waals surface area contributed by atoms with Crippen molar-refractivity contribution >= 4 is 0 Å². The van der Waals surface area contributed by atoms with Gasteiger partial charge in [0.25, 0.3) is 0 Å². The molecule has 0 saturated carbocycles. The van der Waals surface area contributed by atoms with Crippen LogP contribution in [-0.2, 0) is 0 Å². The van der Waals surface area contributed by atoms with Crippen LogP contribution < -0.4 is 5.32 Å². The number of nitrogens with one attached hydrogen (secondary N) is 1. The maximum atomic E-state index is 13.4. The molecule has 80 valence electrons. The molecule has 0 aliphatic carbocycles. The Hall–Kier alpha value is -1.40. The third kappa shape index (κ3) is 3.34. The zero-order chi connectivity index (χ0) is 11.1. The Kier molecular flexibility index (Phi) is 4.79. The summed E-state index contributed by atoms with van der Waals surface area (Å²) < 4.78 is 13.4. The molecule has 0 aliphatic rings. The maximum absolute atomic E-state index is 13.4. The lowest BCUT2D eigenvalue weighted by Crippen LogP contribution is -2.22. The number of rotatable bonds is 4. The molecule has 0 saturated heterocycles. The lowest BCUT2D eigenvalue weighted by molar-refractivity contribution is 0.504. The van der Waals surface area contributed by atoms with Gasteiger partial charge in [0.05, 0.1) is 11.7 Å². The summed E-state index contributed by atoms with van der Waals surface area (Å²) in [5.74, 6) is 5.47. The van der Waals surface area contributed by atoms with Gasteiger partial charge in [0.1, 0.15) is 5.82 Å². The van der Waals surface area contributed by atoms with E-state index in [1.165, 1.54) is 6.07 Å². The van der Waals surface area contributed by atoms with Crippen LogP contribution >= 0.6 is 0 Å². The van der Waals surface area contributed by atoms with Crippen LogP contribution in [0.5, 0.6) is 0 Å². The van der Waals surface area contributed by atoms with Gasteiger partial charge < -0.3 is 5.32 Å². The van der Waals surface area contributed by atoms with Gasteiger partial charge >= 0.3 is 0 Å². The highest BCUT2D eigenvalue weighted by atomic mass is 19.1. The molecular weight excluding hydrogens is 191 g/mol. The molecule has 1 heterocycles. The van der Waals surface area contributed by atoms with Crippen LogP contribution in [0.4, 0.5) is 4.39 Å². The Balaban J connectivity index is 2.86. The third-order valence-corrected chi connectivity index (χ3v) is 2.05. The first-order valence-electron chi connectivity index (χ1n) is 5.03. The zero-order valence-corrected chi connectivity index (χ0v) is 9.05. The van der Waals surface area contributed by atoms with E-state index in [4.69, 9.17) is 0 Å². The Morgan fingerprint density at radius 2 is 2.40 bits per heavy atom. The van der Waals surface area contributed by atoms with Crippen molar-refractivity contribution in [1.29, 1.82) is 0 Å². The average molecular weight is 206 g/mol. The molecule has 1 atom stereocenters. The predicted molar refractivity (Wildman–Crippen MR) is 58.7 cm³/mol. The first-order chi connectivity index (χ1) is 7.29. The summed E-state index contributed by atoms with van der Waals surface area (Å²) >= 11 is 0. The zero-order valence-electron chi connectivity index (χ0n) is 9.05. The first kappa shape index (κ1) is 11.7. The summed E-state index contributed by atoms with van der Waals surface area (Å²) in [4.78, 5) is 4.04. The van der Waals surface area contributed by atoms with Crippen LogP contribution in [0.15, 0.2) is 18.3 Å². The minimum Gasteiger partial charge on any atom is -0.308 e. The van der Waals surface area contributed by atoms with Crippen molar-refractivity contribution in [3.8, 4) is 11.8 Å². The second-order valence-corrected chi connectivity index (χ2v) is 3.11. The number of hydrogen-bond acceptors (Lipinski definition) is 2. The van der Waals surface area contributed by atoms with Crippen LogP contribution in [-0.4, -0.2) is 11.5 Å². The van der Waals surface area contributed by atoms with Crippen molar-refractivity contribution in [2.75, 3.05) is 6.54 Å². The summed E-state index contributed by atoms with van der Waals surface area (Å²) in [6.07, 6.45) is 2.18. The molecule has 15 heavy (non-hydrogen) atoms. The fourth-order valence-electron chi connectivity index (χ4n) is 1.37. The van der Waals surface area contributed by atoms with Crippen LogP contribution in [0.3, 0.4) is 0 Å². The van der Waals surface area contributed by atoms with Gasteiger partial charge in [-0.1, -0.05) is 6.92 Å². The van der Waals surface area contributed by atoms with Gasteiger partial charge in [-0.3, -0.25) is 4.98 Å². The van der Waals surface area contributed by atoms with Gasteiger partial charge in [0.15, 0.2) is 0 Å².